The molecule has 0 heterocycles. The maximum absolute atomic E-state index is 8.81. The van der Waals surface area contributed by atoms with Crippen LogP contribution in [-0.4, -0.2) is 13.1 Å². The molecule has 0 spiro atoms. The Morgan fingerprint density at radius 2 is 1.43 bits per heavy atom. The number of aldehydes is 1. The summed E-state index contributed by atoms with van der Waals surface area (Å²) in [4.78, 5) is 16.8. The highest BCUT2D eigenvalue weighted by atomic mass is 32.1. The number of rotatable bonds is 0. The van der Waals surface area contributed by atoms with Gasteiger partial charge in [0, 0.05) is 0 Å². The molecule has 2 nitrogen and oxygen atoms in total. The molecule has 0 saturated carbocycles. The summed E-state index contributed by atoms with van der Waals surface area (Å²) >= 11 is 0. The van der Waals surface area contributed by atoms with E-state index in [9.17, 15) is 0 Å². The van der Waals surface area contributed by atoms with Gasteiger partial charge in [0.25, 0.3) is 0 Å². The summed E-state index contributed by atoms with van der Waals surface area (Å²) in [6.45, 7) is 3.44. The van der Waals surface area contributed by atoms with Gasteiger partial charge in [-0.3, -0.25) is 0 Å². The third kappa shape index (κ3) is 806. The van der Waals surface area contributed by atoms with E-state index in [1.165, 1.54) is 6.92 Å². The highest BCUT2D eigenvalue weighted by Crippen LogP contribution is 1.13. The lowest BCUT2D eigenvalue weighted by Gasteiger charge is -1.23. The van der Waals surface area contributed by atoms with Gasteiger partial charge in [-0.15, -0.1) is 0 Å². The van der Waals surface area contributed by atoms with Gasteiger partial charge in [0.1, 0.15) is 13.1 Å². The van der Waals surface area contributed by atoms with E-state index < -0.39 is 0 Å². The zero-order chi connectivity index (χ0) is 4.71. The smallest absolute Gasteiger partial charge is 0.116 e. The van der Waals surface area contributed by atoms with Gasteiger partial charge in [-0.05, 0) is 6.92 Å². The normalized spacial score (nSPS) is 2.43. The average Bonchev–Trinajstić information content (AvgIpc) is 1.46. The standard InChI is InChI=1S/C2H4O.CH2O.CH4.H2S/c1-2-3;1-2;;/h2H,1H3;1H2;1H4;1H2. The van der Waals surface area contributed by atoms with Crippen LogP contribution in [0.4, 0.5) is 0 Å². The Hall–Kier alpha value is -0.310. The summed E-state index contributed by atoms with van der Waals surface area (Å²) in [6.07, 6.45) is 0.750. The van der Waals surface area contributed by atoms with Crippen molar-refractivity contribution < 1.29 is 9.59 Å². The maximum atomic E-state index is 8.81. The minimum atomic E-state index is 0. The molecule has 0 fully saturated rings. The van der Waals surface area contributed by atoms with Gasteiger partial charge >= 0.3 is 0 Å². The van der Waals surface area contributed by atoms with E-state index in [-0.39, 0.29) is 20.9 Å². The molecule has 0 rings (SSSR count). The summed E-state index contributed by atoms with van der Waals surface area (Å²) in [5.74, 6) is 0. The molecule has 0 unspecified atom stereocenters. The van der Waals surface area contributed by atoms with Gasteiger partial charge in [-0.1, -0.05) is 7.43 Å². The summed E-state index contributed by atoms with van der Waals surface area (Å²) in [5.41, 5.74) is 0. The Bertz CT molecular complexity index is 23.7. The van der Waals surface area contributed by atoms with Crippen molar-refractivity contribution >= 4 is 26.6 Å². The molecule has 46 valence electrons. The molecular formula is C4H12O2S. The van der Waals surface area contributed by atoms with Crippen LogP contribution in [0.15, 0.2) is 0 Å². The average molecular weight is 124 g/mol. The predicted molar refractivity (Wildman–Crippen MR) is 36.0 cm³/mol. The molecule has 0 aromatic heterocycles. The van der Waals surface area contributed by atoms with E-state index in [0.29, 0.717) is 0 Å². The second kappa shape index (κ2) is 263. The molecule has 7 heavy (non-hydrogen) atoms. The topological polar surface area (TPSA) is 34.1 Å². The second-order valence-corrected chi connectivity index (χ2v) is 0.236. The van der Waals surface area contributed by atoms with Gasteiger partial charge in [0.2, 0.25) is 0 Å². The number of hydrogen-bond acceptors (Lipinski definition) is 2. The third-order valence-electron chi connectivity index (χ3n) is 0. The third-order valence-corrected chi connectivity index (χ3v) is 0. The lowest BCUT2D eigenvalue weighted by Crippen LogP contribution is -1.36. The highest BCUT2D eigenvalue weighted by Gasteiger charge is 1.24. The fourth-order valence-electron chi connectivity index (χ4n) is 0. The van der Waals surface area contributed by atoms with Gasteiger partial charge < -0.3 is 9.59 Å². The summed E-state index contributed by atoms with van der Waals surface area (Å²) in [5, 5.41) is 0. The van der Waals surface area contributed by atoms with Crippen molar-refractivity contribution in [1.82, 2.24) is 0 Å². The van der Waals surface area contributed by atoms with Gasteiger partial charge in [0.05, 0.1) is 0 Å². The van der Waals surface area contributed by atoms with Gasteiger partial charge in [0.15, 0.2) is 0 Å². The molecule has 0 aliphatic carbocycles. The Morgan fingerprint density at radius 1 is 1.43 bits per heavy atom. The molecule has 0 aliphatic rings. The monoisotopic (exact) mass is 124 g/mol. The molecule has 0 radical (unpaired) electrons. The lowest BCUT2D eigenvalue weighted by molar-refractivity contribution is -0.106. The minimum Gasteiger partial charge on any atom is -0.307 e. The van der Waals surface area contributed by atoms with Crippen molar-refractivity contribution in [3.63, 3.8) is 0 Å². The first-order valence-corrected chi connectivity index (χ1v) is 1.10. The largest absolute Gasteiger partial charge is 0.307 e. The first kappa shape index (κ1) is 29.9. The van der Waals surface area contributed by atoms with Gasteiger partial charge in [-0.2, -0.15) is 13.5 Å². The first-order chi connectivity index (χ1) is 2.41. The van der Waals surface area contributed by atoms with E-state index in [0.717, 1.165) is 6.29 Å². The molecule has 0 bridgehead atoms. The van der Waals surface area contributed by atoms with Crippen LogP contribution in [0.3, 0.4) is 0 Å². The van der Waals surface area contributed by atoms with Crippen molar-refractivity contribution in [2.24, 2.45) is 0 Å². The minimum absolute atomic E-state index is 0. The molecule has 0 amide bonds. The molecule has 0 aromatic rings. The molecule has 0 aromatic carbocycles. The van der Waals surface area contributed by atoms with Crippen molar-refractivity contribution in [3.8, 4) is 0 Å². The quantitative estimate of drug-likeness (QED) is 0.447. The molecule has 0 N–H and O–H groups in total. The number of carbonyl (C=O) groups is 2. The molecular weight excluding hydrogens is 112 g/mol. The van der Waals surface area contributed by atoms with Crippen LogP contribution in [0.1, 0.15) is 14.4 Å². The zero-order valence-corrected chi connectivity index (χ0v) is 4.60. The Morgan fingerprint density at radius 3 is 1.43 bits per heavy atom. The van der Waals surface area contributed by atoms with E-state index in [4.69, 9.17) is 9.59 Å². The van der Waals surface area contributed by atoms with Crippen LogP contribution >= 0.6 is 13.5 Å². The van der Waals surface area contributed by atoms with Crippen molar-refractivity contribution in [1.29, 1.82) is 0 Å². The lowest BCUT2D eigenvalue weighted by atomic mass is 11.0. The second-order valence-electron chi connectivity index (χ2n) is 0.236. The maximum Gasteiger partial charge on any atom is 0.116 e. The fourth-order valence-corrected chi connectivity index (χ4v) is 0. The molecule has 0 atom stereocenters. The highest BCUT2D eigenvalue weighted by molar-refractivity contribution is 7.59. The number of hydrogen-bond donors (Lipinski definition) is 0. The summed E-state index contributed by atoms with van der Waals surface area (Å²) < 4.78 is 0. The Labute approximate surface area is 51.4 Å². The van der Waals surface area contributed by atoms with Crippen molar-refractivity contribution in [2.75, 3.05) is 0 Å². The summed E-state index contributed by atoms with van der Waals surface area (Å²) in [7, 11) is 0. The Kier molecular flexibility index (Phi) is 1120. The van der Waals surface area contributed by atoms with Crippen LogP contribution in [0.5, 0.6) is 0 Å². The fraction of sp³-hybridized carbons (Fsp3) is 0.500. The van der Waals surface area contributed by atoms with Crippen LogP contribution in [-0.2, 0) is 9.59 Å². The van der Waals surface area contributed by atoms with E-state index >= 15 is 0 Å². The van der Waals surface area contributed by atoms with E-state index in [2.05, 4.69) is 0 Å². The SMILES string of the molecule is C.C=O.CC=O.S. The van der Waals surface area contributed by atoms with E-state index in [1.807, 2.05) is 6.79 Å². The zero-order valence-electron chi connectivity index (χ0n) is 3.60. The van der Waals surface area contributed by atoms with Crippen LogP contribution in [0, 0.1) is 0 Å². The van der Waals surface area contributed by atoms with Crippen molar-refractivity contribution in [3.05, 3.63) is 0 Å². The van der Waals surface area contributed by atoms with Gasteiger partial charge in [-0.25, -0.2) is 0 Å². The molecule has 0 aliphatic heterocycles. The summed E-state index contributed by atoms with van der Waals surface area (Å²) in [6, 6.07) is 0. The predicted octanol–water partition coefficient (Wildman–Crippen LogP) is 0.769. The van der Waals surface area contributed by atoms with E-state index in [1.54, 1.807) is 0 Å². The van der Waals surface area contributed by atoms with Crippen LogP contribution in [0.2, 0.25) is 0 Å². The molecule has 3 heteroatoms. The number of carbonyl (C=O) groups excluding carboxylic acids is 2. The van der Waals surface area contributed by atoms with Crippen LogP contribution < -0.4 is 0 Å². The molecule has 0 saturated heterocycles. The van der Waals surface area contributed by atoms with Crippen LogP contribution in [0.25, 0.3) is 0 Å². The Balaban J connectivity index is -0.0000000105. The van der Waals surface area contributed by atoms with Crippen molar-refractivity contribution in [2.45, 2.75) is 14.4 Å². The first-order valence-electron chi connectivity index (χ1n) is 1.10.